The first kappa shape index (κ1) is 13.0. The molecule has 1 N–H and O–H groups in total. The van der Waals surface area contributed by atoms with Gasteiger partial charge >= 0.3 is 0 Å². The van der Waals surface area contributed by atoms with E-state index < -0.39 is 0 Å². The van der Waals surface area contributed by atoms with Crippen molar-refractivity contribution in [2.24, 2.45) is 0 Å². The fourth-order valence-electron chi connectivity index (χ4n) is 2.44. The average Bonchev–Trinajstić information content (AvgIpc) is 2.68. The Morgan fingerprint density at radius 1 is 1.59 bits per heavy atom. The Kier molecular flexibility index (Phi) is 4.54. The van der Waals surface area contributed by atoms with Crippen LogP contribution in [0.4, 0.5) is 0 Å². The zero-order valence-electron chi connectivity index (χ0n) is 10.7. The number of likely N-dealkylation sites (tertiary alicyclic amines) is 1. The second kappa shape index (κ2) is 5.94. The van der Waals surface area contributed by atoms with Crippen LogP contribution in [-0.4, -0.2) is 40.7 Å². The van der Waals surface area contributed by atoms with E-state index >= 15 is 0 Å². The summed E-state index contributed by atoms with van der Waals surface area (Å²) in [6.45, 7) is 3.03. The average molecular weight is 254 g/mol. The van der Waals surface area contributed by atoms with Gasteiger partial charge in [0, 0.05) is 24.3 Å². The van der Waals surface area contributed by atoms with Crippen molar-refractivity contribution in [2.75, 3.05) is 13.6 Å². The summed E-state index contributed by atoms with van der Waals surface area (Å²) in [4.78, 5) is 7.07. The van der Waals surface area contributed by atoms with E-state index in [1.807, 2.05) is 6.92 Å². The molecule has 1 aliphatic heterocycles. The molecule has 0 spiro atoms. The lowest BCUT2D eigenvalue weighted by molar-refractivity contribution is 0.184. The van der Waals surface area contributed by atoms with E-state index in [1.165, 1.54) is 30.8 Å². The number of nitrogens with zero attached hydrogens (tertiary/aromatic N) is 2. The molecule has 3 nitrogen and oxygen atoms in total. The highest BCUT2D eigenvalue weighted by Gasteiger charge is 2.20. The predicted octanol–water partition coefficient (Wildman–Crippen LogP) is 2.09. The van der Waals surface area contributed by atoms with Crippen LogP contribution in [0.2, 0.25) is 0 Å². The van der Waals surface area contributed by atoms with E-state index in [0.717, 1.165) is 12.1 Å². The summed E-state index contributed by atoms with van der Waals surface area (Å²) in [6.07, 6.45) is 5.43. The van der Waals surface area contributed by atoms with E-state index in [-0.39, 0.29) is 6.10 Å². The normalized spacial score (nSPS) is 23.8. The fourth-order valence-corrected chi connectivity index (χ4v) is 3.32. The summed E-state index contributed by atoms with van der Waals surface area (Å²) in [5.41, 5.74) is 1.04. The van der Waals surface area contributed by atoms with Gasteiger partial charge in [-0.15, -0.1) is 11.3 Å². The Balaban J connectivity index is 1.91. The summed E-state index contributed by atoms with van der Waals surface area (Å²) < 4.78 is 0. The Labute approximate surface area is 107 Å². The van der Waals surface area contributed by atoms with Crippen LogP contribution in [0.1, 0.15) is 36.9 Å². The standard InChI is InChI=1S/C13H22N2OS/c1-10(16)7-11-9-17-13(14-11)8-12-5-3-4-6-15(12)2/h9-10,12,16H,3-8H2,1-2H3. The molecule has 1 aliphatic rings. The maximum absolute atomic E-state index is 9.33. The van der Waals surface area contributed by atoms with Gasteiger partial charge in [0.15, 0.2) is 0 Å². The summed E-state index contributed by atoms with van der Waals surface area (Å²) in [5.74, 6) is 0. The van der Waals surface area contributed by atoms with Gasteiger partial charge < -0.3 is 10.0 Å². The van der Waals surface area contributed by atoms with Crippen molar-refractivity contribution >= 4 is 11.3 Å². The molecule has 1 fully saturated rings. The van der Waals surface area contributed by atoms with E-state index in [2.05, 4.69) is 22.3 Å². The molecule has 2 rings (SSSR count). The number of aromatic nitrogens is 1. The molecular formula is C13H22N2OS. The van der Waals surface area contributed by atoms with Gasteiger partial charge in [-0.05, 0) is 33.4 Å². The summed E-state index contributed by atoms with van der Waals surface area (Å²) in [7, 11) is 2.22. The first-order chi connectivity index (χ1) is 8.15. The van der Waals surface area contributed by atoms with E-state index in [4.69, 9.17) is 0 Å². The Morgan fingerprint density at radius 2 is 2.41 bits per heavy atom. The third-order valence-corrected chi connectivity index (χ3v) is 4.36. The van der Waals surface area contributed by atoms with Gasteiger partial charge in [0.2, 0.25) is 0 Å². The number of hydrogen-bond acceptors (Lipinski definition) is 4. The highest BCUT2D eigenvalue weighted by Crippen LogP contribution is 2.21. The second-order valence-corrected chi connectivity index (χ2v) is 6.06. The van der Waals surface area contributed by atoms with Crippen LogP contribution in [-0.2, 0) is 12.8 Å². The van der Waals surface area contributed by atoms with Crippen LogP contribution in [0.5, 0.6) is 0 Å². The van der Waals surface area contributed by atoms with Gasteiger partial charge in [0.05, 0.1) is 16.8 Å². The lowest BCUT2D eigenvalue weighted by Gasteiger charge is -2.31. The molecule has 0 aromatic carbocycles. The summed E-state index contributed by atoms with van der Waals surface area (Å²) in [6, 6.07) is 0.661. The van der Waals surface area contributed by atoms with Crippen LogP contribution < -0.4 is 0 Å². The van der Waals surface area contributed by atoms with Crippen molar-refractivity contribution in [1.82, 2.24) is 9.88 Å². The molecule has 1 aromatic rings. The smallest absolute Gasteiger partial charge is 0.0943 e. The van der Waals surface area contributed by atoms with Gasteiger partial charge in [-0.3, -0.25) is 0 Å². The molecule has 1 aromatic heterocycles. The minimum Gasteiger partial charge on any atom is -0.393 e. The lowest BCUT2D eigenvalue weighted by Crippen LogP contribution is -2.37. The number of thiazole rings is 1. The molecule has 2 atom stereocenters. The van der Waals surface area contributed by atoms with Crippen LogP contribution in [0.15, 0.2) is 5.38 Å². The zero-order chi connectivity index (χ0) is 12.3. The molecule has 0 saturated carbocycles. The number of rotatable bonds is 4. The first-order valence-corrected chi connectivity index (χ1v) is 7.34. The largest absolute Gasteiger partial charge is 0.393 e. The Hall–Kier alpha value is -0.450. The zero-order valence-corrected chi connectivity index (χ0v) is 11.5. The SMILES string of the molecule is CC(O)Cc1csc(CC2CCCCN2C)n1. The summed E-state index contributed by atoms with van der Waals surface area (Å²) >= 11 is 1.74. The number of piperidine rings is 1. The number of aliphatic hydroxyl groups is 1. The fraction of sp³-hybridized carbons (Fsp3) is 0.769. The molecule has 1 saturated heterocycles. The predicted molar refractivity (Wildman–Crippen MR) is 71.5 cm³/mol. The van der Waals surface area contributed by atoms with Crippen molar-refractivity contribution in [2.45, 2.75) is 51.2 Å². The van der Waals surface area contributed by atoms with E-state index in [0.29, 0.717) is 12.5 Å². The monoisotopic (exact) mass is 254 g/mol. The Bertz CT molecular complexity index is 351. The van der Waals surface area contributed by atoms with Gasteiger partial charge in [-0.2, -0.15) is 0 Å². The minimum absolute atomic E-state index is 0.290. The number of aliphatic hydroxyl groups excluding tert-OH is 1. The van der Waals surface area contributed by atoms with E-state index in [1.54, 1.807) is 11.3 Å². The van der Waals surface area contributed by atoms with Crippen molar-refractivity contribution in [1.29, 1.82) is 0 Å². The van der Waals surface area contributed by atoms with Gasteiger partial charge in [0.1, 0.15) is 0 Å². The second-order valence-electron chi connectivity index (χ2n) is 5.12. The van der Waals surface area contributed by atoms with Crippen LogP contribution in [0, 0.1) is 0 Å². The van der Waals surface area contributed by atoms with Crippen molar-refractivity contribution in [3.05, 3.63) is 16.1 Å². The molecule has 0 radical (unpaired) electrons. The highest BCUT2D eigenvalue weighted by atomic mass is 32.1. The molecular weight excluding hydrogens is 232 g/mol. The van der Waals surface area contributed by atoms with Crippen molar-refractivity contribution < 1.29 is 5.11 Å². The first-order valence-electron chi connectivity index (χ1n) is 6.46. The third kappa shape index (κ3) is 3.76. The van der Waals surface area contributed by atoms with Gasteiger partial charge in [0.25, 0.3) is 0 Å². The molecule has 2 heterocycles. The van der Waals surface area contributed by atoms with Gasteiger partial charge in [-0.25, -0.2) is 4.98 Å². The third-order valence-electron chi connectivity index (χ3n) is 3.44. The number of hydrogen-bond donors (Lipinski definition) is 1. The van der Waals surface area contributed by atoms with Crippen LogP contribution >= 0.6 is 11.3 Å². The molecule has 0 amide bonds. The maximum atomic E-state index is 9.33. The van der Waals surface area contributed by atoms with Crippen LogP contribution in [0.25, 0.3) is 0 Å². The molecule has 4 heteroatoms. The van der Waals surface area contributed by atoms with Crippen LogP contribution in [0.3, 0.4) is 0 Å². The quantitative estimate of drug-likeness (QED) is 0.894. The van der Waals surface area contributed by atoms with Gasteiger partial charge in [-0.1, -0.05) is 6.42 Å². The Morgan fingerprint density at radius 3 is 3.12 bits per heavy atom. The lowest BCUT2D eigenvalue weighted by atomic mass is 10.0. The van der Waals surface area contributed by atoms with E-state index in [9.17, 15) is 5.11 Å². The number of likely N-dealkylation sites (N-methyl/N-ethyl adjacent to an activating group) is 1. The highest BCUT2D eigenvalue weighted by molar-refractivity contribution is 7.09. The maximum Gasteiger partial charge on any atom is 0.0943 e. The molecule has 96 valence electrons. The minimum atomic E-state index is -0.290. The van der Waals surface area contributed by atoms with Crippen molar-refractivity contribution in [3.63, 3.8) is 0 Å². The molecule has 2 unspecified atom stereocenters. The molecule has 0 aliphatic carbocycles. The van der Waals surface area contributed by atoms with Crippen molar-refractivity contribution in [3.8, 4) is 0 Å². The topological polar surface area (TPSA) is 36.4 Å². The molecule has 0 bridgehead atoms. The molecule has 17 heavy (non-hydrogen) atoms. The summed E-state index contributed by atoms with van der Waals surface area (Å²) in [5, 5.41) is 12.6.